The number of aryl methyl sites for hydroxylation is 1. The smallest absolute Gasteiger partial charge is 0.0349 e. The van der Waals surface area contributed by atoms with Crippen LogP contribution < -0.4 is 5.32 Å². The van der Waals surface area contributed by atoms with Crippen LogP contribution in [-0.4, -0.2) is 32.1 Å². The Kier molecular flexibility index (Phi) is 4.19. The molecule has 1 atom stereocenters. The summed E-state index contributed by atoms with van der Waals surface area (Å²) in [5, 5.41) is 3.71. The van der Waals surface area contributed by atoms with E-state index in [1.807, 2.05) is 0 Å². The van der Waals surface area contributed by atoms with Crippen molar-refractivity contribution >= 4 is 0 Å². The fraction of sp³-hybridized carbons (Fsp3) is 0.600. The standard InChI is InChI=1S/C15H24N2/c1-12-4-6-13(7-5-12)15(14-8-9-14)16-10-11-17(2)3/h4-7,14-16H,8-11H2,1-3H3. The summed E-state index contributed by atoms with van der Waals surface area (Å²) >= 11 is 0. The lowest BCUT2D eigenvalue weighted by Gasteiger charge is -2.20. The maximum absolute atomic E-state index is 3.71. The molecule has 0 bridgehead atoms. The molecule has 2 nitrogen and oxygen atoms in total. The molecule has 1 fully saturated rings. The van der Waals surface area contributed by atoms with Gasteiger partial charge in [0.25, 0.3) is 0 Å². The van der Waals surface area contributed by atoms with Gasteiger partial charge >= 0.3 is 0 Å². The van der Waals surface area contributed by atoms with E-state index in [0.29, 0.717) is 6.04 Å². The molecule has 0 heterocycles. The van der Waals surface area contributed by atoms with Gasteiger partial charge in [-0.15, -0.1) is 0 Å². The van der Waals surface area contributed by atoms with Crippen molar-refractivity contribution in [3.05, 3.63) is 35.4 Å². The number of hydrogen-bond acceptors (Lipinski definition) is 2. The molecule has 0 spiro atoms. The topological polar surface area (TPSA) is 15.3 Å². The summed E-state index contributed by atoms with van der Waals surface area (Å²) in [6.07, 6.45) is 2.76. The highest BCUT2D eigenvalue weighted by Gasteiger charge is 2.31. The lowest BCUT2D eigenvalue weighted by molar-refractivity contribution is 0.374. The number of likely N-dealkylation sites (N-methyl/N-ethyl adjacent to an activating group) is 1. The lowest BCUT2D eigenvalue weighted by Crippen LogP contribution is -2.30. The van der Waals surface area contributed by atoms with Gasteiger partial charge in [-0.25, -0.2) is 0 Å². The molecule has 0 saturated heterocycles. The summed E-state index contributed by atoms with van der Waals surface area (Å²) in [6, 6.07) is 9.56. The van der Waals surface area contributed by atoms with Crippen molar-refractivity contribution in [2.45, 2.75) is 25.8 Å². The Labute approximate surface area is 105 Å². The van der Waals surface area contributed by atoms with Crippen molar-refractivity contribution < 1.29 is 0 Å². The summed E-state index contributed by atoms with van der Waals surface area (Å²) < 4.78 is 0. The lowest BCUT2D eigenvalue weighted by atomic mass is 10.0. The van der Waals surface area contributed by atoms with E-state index in [1.165, 1.54) is 24.0 Å². The molecule has 1 unspecified atom stereocenters. The molecule has 1 aliphatic carbocycles. The van der Waals surface area contributed by atoms with Gasteiger partial charge in [0.05, 0.1) is 0 Å². The van der Waals surface area contributed by atoms with Crippen molar-refractivity contribution in [2.75, 3.05) is 27.2 Å². The van der Waals surface area contributed by atoms with Crippen LogP contribution in [0.2, 0.25) is 0 Å². The van der Waals surface area contributed by atoms with Crippen molar-refractivity contribution in [3.8, 4) is 0 Å². The van der Waals surface area contributed by atoms with Crippen molar-refractivity contribution in [2.24, 2.45) is 5.92 Å². The Hall–Kier alpha value is -0.860. The van der Waals surface area contributed by atoms with Crippen molar-refractivity contribution in [1.82, 2.24) is 10.2 Å². The van der Waals surface area contributed by atoms with Gasteiger partial charge in [0.2, 0.25) is 0 Å². The molecule has 2 rings (SSSR count). The number of nitrogens with zero attached hydrogens (tertiary/aromatic N) is 1. The van der Waals surface area contributed by atoms with Crippen LogP contribution in [0.25, 0.3) is 0 Å². The molecule has 1 saturated carbocycles. The number of rotatable bonds is 6. The highest BCUT2D eigenvalue weighted by atomic mass is 15.1. The second-order valence-electron chi connectivity index (χ2n) is 5.48. The van der Waals surface area contributed by atoms with E-state index < -0.39 is 0 Å². The maximum Gasteiger partial charge on any atom is 0.0349 e. The number of benzene rings is 1. The Morgan fingerprint density at radius 3 is 2.41 bits per heavy atom. The van der Waals surface area contributed by atoms with Crippen LogP contribution in [0, 0.1) is 12.8 Å². The van der Waals surface area contributed by atoms with E-state index in [0.717, 1.165) is 19.0 Å². The molecular formula is C15H24N2. The zero-order chi connectivity index (χ0) is 12.3. The minimum absolute atomic E-state index is 0.565. The van der Waals surface area contributed by atoms with Gasteiger partial charge in [-0.2, -0.15) is 0 Å². The SMILES string of the molecule is Cc1ccc(C(NCCN(C)C)C2CC2)cc1. The molecule has 0 aliphatic heterocycles. The summed E-state index contributed by atoms with van der Waals surface area (Å²) in [6.45, 7) is 4.33. The second-order valence-corrected chi connectivity index (χ2v) is 5.48. The Bertz CT molecular complexity index is 338. The molecular weight excluding hydrogens is 208 g/mol. The third kappa shape index (κ3) is 3.83. The van der Waals surface area contributed by atoms with E-state index in [1.54, 1.807) is 0 Å². The molecule has 2 heteroatoms. The monoisotopic (exact) mass is 232 g/mol. The molecule has 1 aromatic carbocycles. The molecule has 0 amide bonds. The van der Waals surface area contributed by atoms with Gasteiger partial charge in [-0.05, 0) is 45.3 Å². The van der Waals surface area contributed by atoms with Gasteiger partial charge in [-0.1, -0.05) is 29.8 Å². The molecule has 1 aromatic rings. The first-order valence-electron chi connectivity index (χ1n) is 6.61. The van der Waals surface area contributed by atoms with Crippen LogP contribution >= 0.6 is 0 Å². The first-order valence-corrected chi connectivity index (χ1v) is 6.61. The first-order chi connectivity index (χ1) is 8.16. The predicted octanol–water partition coefficient (Wildman–Crippen LogP) is 2.60. The Balaban J connectivity index is 1.94. The van der Waals surface area contributed by atoms with Crippen molar-refractivity contribution in [1.29, 1.82) is 0 Å². The van der Waals surface area contributed by atoms with Gasteiger partial charge < -0.3 is 10.2 Å². The molecule has 0 aromatic heterocycles. The van der Waals surface area contributed by atoms with Crippen molar-refractivity contribution in [3.63, 3.8) is 0 Å². The van der Waals surface area contributed by atoms with Crippen LogP contribution in [0.4, 0.5) is 0 Å². The largest absolute Gasteiger partial charge is 0.308 e. The molecule has 1 N–H and O–H groups in total. The summed E-state index contributed by atoms with van der Waals surface area (Å²) in [5.41, 5.74) is 2.80. The fourth-order valence-electron chi connectivity index (χ4n) is 2.20. The normalized spacial score (nSPS) is 17.4. The summed E-state index contributed by atoms with van der Waals surface area (Å²) in [7, 11) is 4.25. The van der Waals surface area contributed by atoms with E-state index in [9.17, 15) is 0 Å². The summed E-state index contributed by atoms with van der Waals surface area (Å²) in [4.78, 5) is 2.23. The average Bonchev–Trinajstić information content (AvgIpc) is 3.10. The van der Waals surface area contributed by atoms with Crippen LogP contribution in [0.1, 0.15) is 30.0 Å². The highest BCUT2D eigenvalue weighted by molar-refractivity contribution is 5.25. The van der Waals surface area contributed by atoms with Gasteiger partial charge in [-0.3, -0.25) is 0 Å². The predicted molar refractivity (Wildman–Crippen MR) is 73.2 cm³/mol. The van der Waals surface area contributed by atoms with Crippen LogP contribution in [0.5, 0.6) is 0 Å². The molecule has 94 valence electrons. The third-order valence-electron chi connectivity index (χ3n) is 3.45. The summed E-state index contributed by atoms with van der Waals surface area (Å²) in [5.74, 6) is 0.861. The molecule has 0 radical (unpaired) electrons. The minimum Gasteiger partial charge on any atom is -0.308 e. The van der Waals surface area contributed by atoms with Gasteiger partial charge in [0.1, 0.15) is 0 Å². The van der Waals surface area contributed by atoms with Crippen LogP contribution in [-0.2, 0) is 0 Å². The highest BCUT2D eigenvalue weighted by Crippen LogP contribution is 2.40. The van der Waals surface area contributed by atoms with Crippen LogP contribution in [0.15, 0.2) is 24.3 Å². The Morgan fingerprint density at radius 2 is 1.88 bits per heavy atom. The third-order valence-corrected chi connectivity index (χ3v) is 3.45. The number of hydrogen-bond donors (Lipinski definition) is 1. The first kappa shape index (κ1) is 12.6. The molecule has 17 heavy (non-hydrogen) atoms. The number of nitrogens with one attached hydrogen (secondary N) is 1. The quantitative estimate of drug-likeness (QED) is 0.811. The Morgan fingerprint density at radius 1 is 1.24 bits per heavy atom. The van der Waals surface area contributed by atoms with Crippen LogP contribution in [0.3, 0.4) is 0 Å². The molecule has 1 aliphatic rings. The zero-order valence-corrected chi connectivity index (χ0v) is 11.2. The van der Waals surface area contributed by atoms with E-state index in [2.05, 4.69) is 55.5 Å². The minimum atomic E-state index is 0.565. The average molecular weight is 232 g/mol. The van der Waals surface area contributed by atoms with Gasteiger partial charge in [0, 0.05) is 19.1 Å². The van der Waals surface area contributed by atoms with E-state index >= 15 is 0 Å². The van der Waals surface area contributed by atoms with E-state index in [-0.39, 0.29) is 0 Å². The van der Waals surface area contributed by atoms with E-state index in [4.69, 9.17) is 0 Å². The maximum atomic E-state index is 3.71. The van der Waals surface area contributed by atoms with Gasteiger partial charge in [0.15, 0.2) is 0 Å². The zero-order valence-electron chi connectivity index (χ0n) is 11.2. The second kappa shape index (κ2) is 5.65. The fourth-order valence-corrected chi connectivity index (χ4v) is 2.20.